The maximum absolute atomic E-state index is 13.2. The maximum atomic E-state index is 13.2. The van der Waals surface area contributed by atoms with E-state index in [1.54, 1.807) is 12.1 Å². The molecule has 0 amide bonds. The number of nitrogens with zero attached hydrogens (tertiary/aromatic N) is 2. The van der Waals surface area contributed by atoms with Crippen molar-refractivity contribution < 1.29 is 13.2 Å². The van der Waals surface area contributed by atoms with Crippen LogP contribution in [0, 0.1) is 0 Å². The van der Waals surface area contributed by atoms with Gasteiger partial charge in [-0.05, 0) is 18.2 Å². The van der Waals surface area contributed by atoms with Crippen molar-refractivity contribution >= 4 is 0 Å². The van der Waals surface area contributed by atoms with E-state index in [9.17, 15) is 13.2 Å². The van der Waals surface area contributed by atoms with E-state index in [0.29, 0.717) is 0 Å². The van der Waals surface area contributed by atoms with Gasteiger partial charge in [0, 0.05) is 38.8 Å². The van der Waals surface area contributed by atoms with Crippen molar-refractivity contribution in [1.29, 1.82) is 0 Å². The summed E-state index contributed by atoms with van der Waals surface area (Å²) in [4.78, 5) is 4.36. The summed E-state index contributed by atoms with van der Waals surface area (Å²) in [6.45, 7) is 6.51. The Balaban J connectivity index is 2.23. The minimum absolute atomic E-state index is 0.194. The molecule has 0 aliphatic carbocycles. The molecule has 1 fully saturated rings. The molecule has 1 atom stereocenters. The molecule has 1 aliphatic heterocycles. The lowest BCUT2D eigenvalue weighted by atomic mass is 9.98. The second-order valence-electron chi connectivity index (χ2n) is 5.31. The molecular weight excluding hydrogens is 279 g/mol. The lowest BCUT2D eigenvalue weighted by Crippen LogP contribution is -2.49. The van der Waals surface area contributed by atoms with Gasteiger partial charge < -0.3 is 10.6 Å². The van der Waals surface area contributed by atoms with Gasteiger partial charge in [0.15, 0.2) is 0 Å². The van der Waals surface area contributed by atoms with Crippen LogP contribution < -0.4 is 5.73 Å². The SMILES string of the molecule is CCN1CCN(C(CN)c2ccccc2C(F)(F)F)CC1. The molecule has 2 rings (SSSR count). The molecule has 1 saturated heterocycles. The Kier molecular flexibility index (Phi) is 5.24. The highest BCUT2D eigenvalue weighted by molar-refractivity contribution is 5.32. The quantitative estimate of drug-likeness (QED) is 0.926. The molecule has 21 heavy (non-hydrogen) atoms. The number of hydrogen-bond donors (Lipinski definition) is 1. The van der Waals surface area contributed by atoms with Gasteiger partial charge in [-0.3, -0.25) is 4.90 Å². The summed E-state index contributed by atoms with van der Waals surface area (Å²) < 4.78 is 39.5. The lowest BCUT2D eigenvalue weighted by Gasteiger charge is -2.39. The smallest absolute Gasteiger partial charge is 0.329 e. The number of alkyl halides is 3. The van der Waals surface area contributed by atoms with E-state index >= 15 is 0 Å². The number of likely N-dealkylation sites (N-methyl/N-ethyl adjacent to an activating group) is 1. The fourth-order valence-corrected chi connectivity index (χ4v) is 2.91. The Morgan fingerprint density at radius 2 is 1.76 bits per heavy atom. The Labute approximate surface area is 123 Å². The molecule has 1 unspecified atom stereocenters. The third-order valence-electron chi connectivity index (χ3n) is 4.14. The maximum Gasteiger partial charge on any atom is 0.416 e. The van der Waals surface area contributed by atoms with Crippen LogP contribution >= 0.6 is 0 Å². The molecule has 6 heteroatoms. The van der Waals surface area contributed by atoms with E-state index in [2.05, 4.69) is 16.7 Å². The zero-order valence-electron chi connectivity index (χ0n) is 12.2. The summed E-state index contributed by atoms with van der Waals surface area (Å²) in [5.41, 5.74) is 5.51. The summed E-state index contributed by atoms with van der Waals surface area (Å²) in [6.07, 6.45) is -4.34. The second kappa shape index (κ2) is 6.77. The van der Waals surface area contributed by atoms with Crippen LogP contribution in [-0.4, -0.2) is 49.1 Å². The van der Waals surface area contributed by atoms with Crippen LogP contribution in [0.25, 0.3) is 0 Å². The van der Waals surface area contributed by atoms with Gasteiger partial charge in [0.05, 0.1) is 5.56 Å². The molecule has 118 valence electrons. The Morgan fingerprint density at radius 3 is 2.29 bits per heavy atom. The summed E-state index contributed by atoms with van der Waals surface area (Å²) in [5.74, 6) is 0. The summed E-state index contributed by atoms with van der Waals surface area (Å²) in [7, 11) is 0. The first-order chi connectivity index (χ1) is 9.97. The molecule has 1 heterocycles. The van der Waals surface area contributed by atoms with Crippen molar-refractivity contribution in [3.8, 4) is 0 Å². The van der Waals surface area contributed by atoms with E-state index in [-0.39, 0.29) is 18.2 Å². The number of rotatable bonds is 4. The van der Waals surface area contributed by atoms with E-state index in [1.807, 2.05) is 0 Å². The van der Waals surface area contributed by atoms with Gasteiger partial charge in [-0.2, -0.15) is 13.2 Å². The van der Waals surface area contributed by atoms with Gasteiger partial charge >= 0.3 is 6.18 Å². The van der Waals surface area contributed by atoms with Gasteiger partial charge in [-0.15, -0.1) is 0 Å². The van der Waals surface area contributed by atoms with E-state index in [1.165, 1.54) is 6.07 Å². The van der Waals surface area contributed by atoms with E-state index < -0.39 is 11.7 Å². The zero-order chi connectivity index (χ0) is 15.5. The van der Waals surface area contributed by atoms with Crippen LogP contribution in [0.1, 0.15) is 24.1 Å². The molecule has 1 aromatic carbocycles. The first-order valence-corrected chi connectivity index (χ1v) is 7.30. The minimum Gasteiger partial charge on any atom is -0.329 e. The lowest BCUT2D eigenvalue weighted by molar-refractivity contribution is -0.138. The van der Waals surface area contributed by atoms with Crippen LogP contribution in [0.4, 0.5) is 13.2 Å². The van der Waals surface area contributed by atoms with E-state index in [4.69, 9.17) is 5.73 Å². The van der Waals surface area contributed by atoms with Crippen LogP contribution in [0.5, 0.6) is 0 Å². The molecule has 0 saturated carbocycles. The number of nitrogens with two attached hydrogens (primary N) is 1. The molecule has 2 N–H and O–H groups in total. The van der Waals surface area contributed by atoms with Crippen molar-refractivity contribution in [2.45, 2.75) is 19.1 Å². The number of piperazine rings is 1. The van der Waals surface area contributed by atoms with Gasteiger partial charge in [0.1, 0.15) is 0 Å². The van der Waals surface area contributed by atoms with Gasteiger partial charge in [-0.1, -0.05) is 25.1 Å². The van der Waals surface area contributed by atoms with Crippen molar-refractivity contribution in [1.82, 2.24) is 9.80 Å². The normalized spacial score (nSPS) is 19.7. The highest BCUT2D eigenvalue weighted by Gasteiger charge is 2.36. The van der Waals surface area contributed by atoms with Gasteiger partial charge in [-0.25, -0.2) is 0 Å². The van der Waals surface area contributed by atoms with Gasteiger partial charge in [0.25, 0.3) is 0 Å². The van der Waals surface area contributed by atoms with Crippen LogP contribution in [-0.2, 0) is 6.18 Å². The predicted molar refractivity (Wildman–Crippen MR) is 76.9 cm³/mol. The monoisotopic (exact) mass is 301 g/mol. The molecule has 0 aromatic heterocycles. The first kappa shape index (κ1) is 16.3. The zero-order valence-corrected chi connectivity index (χ0v) is 12.2. The van der Waals surface area contributed by atoms with Gasteiger partial charge in [0.2, 0.25) is 0 Å². The average Bonchev–Trinajstić information content (AvgIpc) is 2.48. The standard InChI is InChI=1S/C15H22F3N3/c1-2-20-7-9-21(10-8-20)14(11-19)12-5-3-4-6-13(12)15(16,17)18/h3-6,14H,2,7-11,19H2,1H3. The largest absolute Gasteiger partial charge is 0.416 e. The minimum atomic E-state index is -4.34. The Morgan fingerprint density at radius 1 is 1.14 bits per heavy atom. The van der Waals surface area contributed by atoms with Crippen molar-refractivity contribution in [2.24, 2.45) is 5.73 Å². The highest BCUT2D eigenvalue weighted by atomic mass is 19.4. The fourth-order valence-electron chi connectivity index (χ4n) is 2.91. The molecule has 0 bridgehead atoms. The third-order valence-corrected chi connectivity index (χ3v) is 4.14. The van der Waals surface area contributed by atoms with Crippen molar-refractivity contribution in [3.63, 3.8) is 0 Å². The molecule has 1 aromatic rings. The molecule has 0 radical (unpaired) electrons. The number of halogens is 3. The molecule has 0 spiro atoms. The van der Waals surface area contributed by atoms with Crippen LogP contribution in [0.2, 0.25) is 0 Å². The number of hydrogen-bond acceptors (Lipinski definition) is 3. The van der Waals surface area contributed by atoms with Crippen LogP contribution in [0.3, 0.4) is 0 Å². The highest BCUT2D eigenvalue weighted by Crippen LogP contribution is 2.36. The molecular formula is C15H22F3N3. The first-order valence-electron chi connectivity index (χ1n) is 7.30. The predicted octanol–water partition coefficient (Wildman–Crippen LogP) is 2.34. The Bertz CT molecular complexity index is 454. The van der Waals surface area contributed by atoms with Crippen molar-refractivity contribution in [2.75, 3.05) is 39.3 Å². The average molecular weight is 301 g/mol. The number of benzene rings is 1. The topological polar surface area (TPSA) is 32.5 Å². The Hall–Kier alpha value is -1.11. The summed E-state index contributed by atoms with van der Waals surface area (Å²) in [5, 5.41) is 0. The molecule has 3 nitrogen and oxygen atoms in total. The van der Waals surface area contributed by atoms with E-state index in [0.717, 1.165) is 38.8 Å². The van der Waals surface area contributed by atoms with Crippen molar-refractivity contribution in [3.05, 3.63) is 35.4 Å². The second-order valence-corrected chi connectivity index (χ2v) is 5.31. The summed E-state index contributed by atoms with van der Waals surface area (Å²) >= 11 is 0. The molecule has 1 aliphatic rings. The fraction of sp³-hybridized carbons (Fsp3) is 0.600. The third kappa shape index (κ3) is 3.75. The summed E-state index contributed by atoms with van der Waals surface area (Å²) in [6, 6.07) is 5.39. The van der Waals surface area contributed by atoms with Crippen LogP contribution in [0.15, 0.2) is 24.3 Å².